The van der Waals surface area contributed by atoms with Crippen molar-refractivity contribution in [3.8, 4) is 11.8 Å². The summed E-state index contributed by atoms with van der Waals surface area (Å²) in [6.07, 6.45) is 0. The van der Waals surface area contributed by atoms with Crippen LogP contribution in [0.5, 0.6) is 0 Å². The van der Waals surface area contributed by atoms with Gasteiger partial charge in [-0.05, 0) is 18.2 Å². The van der Waals surface area contributed by atoms with E-state index >= 15 is 0 Å². The quantitative estimate of drug-likeness (QED) is 0.315. The summed E-state index contributed by atoms with van der Waals surface area (Å²) < 4.78 is 0.808. The Balaban J connectivity index is 1.44. The van der Waals surface area contributed by atoms with Crippen molar-refractivity contribution in [2.45, 2.75) is 5.60 Å². The standard InChI is InChI=1S/C26H24BrN3O3/c27-25-10-5-4-9-24(25)26(31,21-7-2-1-3-8-21)15-6-16-28-17-19-29(20-18-28)22-11-13-23(14-12-22)30(32)33/h1-5,7-14,31H,16-20H2. The zero-order chi connectivity index (χ0) is 23.3. The fourth-order valence-electron chi connectivity index (χ4n) is 3.96. The fraction of sp³-hybridized carbons (Fsp3) is 0.231. The van der Waals surface area contributed by atoms with E-state index in [1.807, 2.05) is 54.6 Å². The van der Waals surface area contributed by atoms with Crippen LogP contribution in [0.15, 0.2) is 83.3 Å². The lowest BCUT2D eigenvalue weighted by Gasteiger charge is -2.35. The van der Waals surface area contributed by atoms with Crippen molar-refractivity contribution in [3.63, 3.8) is 0 Å². The number of hydrogen-bond acceptors (Lipinski definition) is 5. The molecule has 4 rings (SSSR count). The lowest BCUT2D eigenvalue weighted by Crippen LogP contribution is -2.46. The van der Waals surface area contributed by atoms with Gasteiger partial charge in [0.2, 0.25) is 0 Å². The topological polar surface area (TPSA) is 69.9 Å². The summed E-state index contributed by atoms with van der Waals surface area (Å²) in [5, 5.41) is 22.5. The zero-order valence-corrected chi connectivity index (χ0v) is 19.6. The number of rotatable bonds is 5. The molecule has 1 aliphatic rings. The van der Waals surface area contributed by atoms with Crippen molar-refractivity contribution in [2.75, 3.05) is 37.6 Å². The van der Waals surface area contributed by atoms with Crippen molar-refractivity contribution in [1.82, 2.24) is 4.90 Å². The number of nitro groups is 1. The Hall–Kier alpha value is -3.18. The molecule has 1 aliphatic heterocycles. The minimum absolute atomic E-state index is 0.101. The maximum absolute atomic E-state index is 11.6. The number of piperazine rings is 1. The average molecular weight is 506 g/mol. The number of non-ortho nitro benzene ring substituents is 1. The largest absolute Gasteiger partial charge is 0.369 e. The first-order valence-electron chi connectivity index (χ1n) is 10.7. The Morgan fingerprint density at radius 2 is 1.58 bits per heavy atom. The minimum atomic E-state index is -1.41. The maximum Gasteiger partial charge on any atom is 0.269 e. The van der Waals surface area contributed by atoms with E-state index in [4.69, 9.17) is 0 Å². The summed E-state index contributed by atoms with van der Waals surface area (Å²) in [4.78, 5) is 14.9. The Morgan fingerprint density at radius 1 is 0.939 bits per heavy atom. The Kier molecular flexibility index (Phi) is 7.09. The van der Waals surface area contributed by atoms with Gasteiger partial charge in [-0.3, -0.25) is 15.0 Å². The van der Waals surface area contributed by atoms with Gasteiger partial charge in [-0.1, -0.05) is 76.3 Å². The molecule has 0 amide bonds. The highest BCUT2D eigenvalue weighted by molar-refractivity contribution is 9.10. The van der Waals surface area contributed by atoms with Gasteiger partial charge in [0.05, 0.1) is 11.5 Å². The van der Waals surface area contributed by atoms with Gasteiger partial charge in [-0.2, -0.15) is 0 Å². The third kappa shape index (κ3) is 5.25. The molecule has 0 aliphatic carbocycles. The van der Waals surface area contributed by atoms with Crippen LogP contribution in [0.3, 0.4) is 0 Å². The summed E-state index contributed by atoms with van der Waals surface area (Å²) in [7, 11) is 0. The van der Waals surface area contributed by atoms with Gasteiger partial charge in [0.1, 0.15) is 0 Å². The molecule has 0 radical (unpaired) electrons. The first-order chi connectivity index (χ1) is 16.0. The van der Waals surface area contributed by atoms with Crippen LogP contribution in [-0.2, 0) is 5.60 Å². The molecule has 3 aromatic rings. The van der Waals surface area contributed by atoms with E-state index in [0.29, 0.717) is 12.1 Å². The van der Waals surface area contributed by atoms with Gasteiger partial charge in [-0.15, -0.1) is 0 Å². The van der Waals surface area contributed by atoms with Gasteiger partial charge in [0.25, 0.3) is 5.69 Å². The van der Waals surface area contributed by atoms with E-state index < -0.39 is 5.60 Å². The van der Waals surface area contributed by atoms with Gasteiger partial charge in [0, 0.05) is 59.6 Å². The van der Waals surface area contributed by atoms with Crippen molar-refractivity contribution in [2.24, 2.45) is 0 Å². The molecule has 0 spiro atoms. The van der Waals surface area contributed by atoms with Crippen molar-refractivity contribution in [3.05, 3.63) is 105 Å². The molecule has 1 fully saturated rings. The highest BCUT2D eigenvalue weighted by atomic mass is 79.9. The molecular weight excluding hydrogens is 482 g/mol. The molecule has 6 nitrogen and oxygen atoms in total. The van der Waals surface area contributed by atoms with Crippen LogP contribution in [0.2, 0.25) is 0 Å². The van der Waals surface area contributed by atoms with E-state index in [1.165, 1.54) is 0 Å². The molecule has 168 valence electrons. The number of benzene rings is 3. The van der Waals surface area contributed by atoms with Gasteiger partial charge >= 0.3 is 0 Å². The van der Waals surface area contributed by atoms with E-state index in [9.17, 15) is 15.2 Å². The zero-order valence-electron chi connectivity index (χ0n) is 18.0. The Bertz CT molecular complexity index is 1170. The summed E-state index contributed by atoms with van der Waals surface area (Å²) in [6.45, 7) is 3.82. The number of aliphatic hydroxyl groups is 1. The second-order valence-electron chi connectivity index (χ2n) is 7.89. The van der Waals surface area contributed by atoms with E-state index in [0.717, 1.165) is 41.9 Å². The molecule has 0 aromatic heterocycles. The lowest BCUT2D eigenvalue weighted by atomic mass is 9.87. The van der Waals surface area contributed by atoms with Crippen LogP contribution in [0.1, 0.15) is 11.1 Å². The Morgan fingerprint density at radius 3 is 2.21 bits per heavy atom. The third-order valence-corrected chi connectivity index (χ3v) is 6.52. The molecule has 7 heteroatoms. The monoisotopic (exact) mass is 505 g/mol. The second-order valence-corrected chi connectivity index (χ2v) is 8.75. The molecular formula is C26H24BrN3O3. The highest BCUT2D eigenvalue weighted by Crippen LogP contribution is 2.34. The average Bonchev–Trinajstić information content (AvgIpc) is 2.85. The summed E-state index contributed by atoms with van der Waals surface area (Å²) >= 11 is 3.56. The third-order valence-electron chi connectivity index (χ3n) is 5.83. The fourth-order valence-corrected chi connectivity index (χ4v) is 4.53. The molecule has 0 saturated carbocycles. The number of nitro benzene ring substituents is 1. The van der Waals surface area contributed by atoms with Crippen LogP contribution in [0, 0.1) is 22.0 Å². The summed E-state index contributed by atoms with van der Waals surface area (Å²) in [6, 6.07) is 23.8. The summed E-state index contributed by atoms with van der Waals surface area (Å²) in [5.41, 5.74) is 1.11. The maximum atomic E-state index is 11.6. The molecule has 1 saturated heterocycles. The summed E-state index contributed by atoms with van der Waals surface area (Å²) in [5.74, 6) is 6.34. The van der Waals surface area contributed by atoms with Crippen LogP contribution in [-0.4, -0.2) is 47.7 Å². The molecule has 1 unspecified atom stereocenters. The van der Waals surface area contributed by atoms with Crippen LogP contribution in [0.25, 0.3) is 0 Å². The molecule has 33 heavy (non-hydrogen) atoms. The van der Waals surface area contributed by atoms with Crippen LogP contribution in [0.4, 0.5) is 11.4 Å². The first kappa shape index (κ1) is 23.0. The molecule has 3 aromatic carbocycles. The minimum Gasteiger partial charge on any atom is -0.369 e. The van der Waals surface area contributed by atoms with Gasteiger partial charge < -0.3 is 10.0 Å². The van der Waals surface area contributed by atoms with Crippen LogP contribution < -0.4 is 4.90 Å². The number of anilines is 1. The van der Waals surface area contributed by atoms with Crippen molar-refractivity contribution < 1.29 is 10.0 Å². The first-order valence-corrected chi connectivity index (χ1v) is 11.5. The number of halogens is 1. The van der Waals surface area contributed by atoms with Crippen LogP contribution >= 0.6 is 15.9 Å². The highest BCUT2D eigenvalue weighted by Gasteiger charge is 2.31. The smallest absolute Gasteiger partial charge is 0.269 e. The number of hydrogen-bond donors (Lipinski definition) is 1. The molecule has 0 bridgehead atoms. The second kappa shape index (κ2) is 10.2. The van der Waals surface area contributed by atoms with E-state index in [2.05, 4.69) is 37.6 Å². The van der Waals surface area contributed by atoms with E-state index in [-0.39, 0.29) is 10.6 Å². The van der Waals surface area contributed by atoms with Crippen molar-refractivity contribution >= 4 is 27.3 Å². The normalized spacial score (nSPS) is 15.9. The van der Waals surface area contributed by atoms with Gasteiger partial charge in [0.15, 0.2) is 5.60 Å². The molecule has 1 heterocycles. The Labute approximate surface area is 201 Å². The van der Waals surface area contributed by atoms with E-state index in [1.54, 1.807) is 24.3 Å². The molecule has 1 N–H and O–H groups in total. The lowest BCUT2D eigenvalue weighted by molar-refractivity contribution is -0.384. The van der Waals surface area contributed by atoms with Gasteiger partial charge in [-0.25, -0.2) is 0 Å². The van der Waals surface area contributed by atoms with Crippen molar-refractivity contribution in [1.29, 1.82) is 0 Å². The predicted molar refractivity (Wildman–Crippen MR) is 133 cm³/mol. The SMILES string of the molecule is O=[N+]([O-])c1ccc(N2CCN(CC#CC(O)(c3ccccc3)c3ccccc3Br)CC2)cc1. The molecule has 1 atom stereocenters. The predicted octanol–water partition coefficient (Wildman–Crippen LogP) is 4.42. The number of nitrogens with zero attached hydrogens (tertiary/aromatic N) is 3.